The van der Waals surface area contributed by atoms with Gasteiger partial charge in [0.1, 0.15) is 0 Å². The Labute approximate surface area is 131 Å². The zero-order valence-corrected chi connectivity index (χ0v) is 12.7. The van der Waals surface area contributed by atoms with E-state index in [0.717, 1.165) is 29.5 Å². The molecule has 0 radical (unpaired) electrons. The first-order valence-corrected chi connectivity index (χ1v) is 8.30. The molecule has 0 amide bonds. The van der Waals surface area contributed by atoms with E-state index in [1.54, 1.807) is 0 Å². The average molecular weight is 288 g/mol. The summed E-state index contributed by atoms with van der Waals surface area (Å²) in [5.41, 5.74) is 5.46. The Morgan fingerprint density at radius 3 is 2.09 bits per heavy atom. The summed E-state index contributed by atoms with van der Waals surface area (Å²) in [7, 11) is 0. The number of hydrogen-bond donors (Lipinski definition) is 0. The minimum Gasteiger partial charge on any atom is -0.289 e. The van der Waals surface area contributed by atoms with Crippen LogP contribution in [-0.4, -0.2) is 5.78 Å². The van der Waals surface area contributed by atoms with Gasteiger partial charge in [-0.05, 0) is 35.5 Å². The van der Waals surface area contributed by atoms with Crippen LogP contribution in [0.3, 0.4) is 0 Å². The monoisotopic (exact) mass is 288 g/mol. The maximum Gasteiger partial charge on any atom is 0.190 e. The van der Waals surface area contributed by atoms with Crippen molar-refractivity contribution in [3.63, 3.8) is 0 Å². The summed E-state index contributed by atoms with van der Waals surface area (Å²) in [4.78, 5) is 13.0. The first-order valence-electron chi connectivity index (χ1n) is 8.30. The Kier molecular flexibility index (Phi) is 3.42. The Bertz CT molecular complexity index is 734. The van der Waals surface area contributed by atoms with E-state index in [0.29, 0.717) is 5.92 Å². The number of ketones is 1. The maximum absolute atomic E-state index is 13.0. The molecule has 2 aromatic carbocycles. The molecule has 1 heteroatoms. The summed E-state index contributed by atoms with van der Waals surface area (Å²) in [6.07, 6.45) is 6.13. The molecule has 0 atom stereocenters. The van der Waals surface area contributed by atoms with Crippen LogP contribution >= 0.6 is 0 Å². The van der Waals surface area contributed by atoms with Crippen LogP contribution in [0.15, 0.2) is 60.2 Å². The van der Waals surface area contributed by atoms with Crippen LogP contribution in [0.4, 0.5) is 0 Å². The number of Topliss-reactive ketones (excluding diaryl/α,β-unsaturated/α-hetero) is 1. The van der Waals surface area contributed by atoms with Gasteiger partial charge in [-0.15, -0.1) is 0 Å². The smallest absolute Gasteiger partial charge is 0.190 e. The zero-order chi connectivity index (χ0) is 14.9. The van der Waals surface area contributed by atoms with Gasteiger partial charge < -0.3 is 0 Å². The molecule has 1 nitrogen and oxygen atoms in total. The molecule has 0 bridgehead atoms. The lowest BCUT2D eigenvalue weighted by Crippen LogP contribution is -2.14. The summed E-state index contributed by atoms with van der Waals surface area (Å²) in [5, 5.41) is 0. The van der Waals surface area contributed by atoms with Crippen molar-refractivity contribution in [3.8, 4) is 0 Å². The predicted octanol–water partition coefficient (Wildman–Crippen LogP) is 5.27. The van der Waals surface area contributed by atoms with E-state index in [-0.39, 0.29) is 5.78 Å². The van der Waals surface area contributed by atoms with Crippen molar-refractivity contribution >= 4 is 11.4 Å². The van der Waals surface area contributed by atoms with Gasteiger partial charge in [-0.3, -0.25) is 4.79 Å². The van der Waals surface area contributed by atoms with Crippen LogP contribution in [0.25, 0.3) is 5.57 Å². The highest BCUT2D eigenvalue weighted by Gasteiger charge is 2.34. The second kappa shape index (κ2) is 5.57. The summed E-state index contributed by atoms with van der Waals surface area (Å²) >= 11 is 0. The van der Waals surface area contributed by atoms with Crippen LogP contribution in [0.5, 0.6) is 0 Å². The molecule has 1 fully saturated rings. The second-order valence-corrected chi connectivity index (χ2v) is 6.36. The predicted molar refractivity (Wildman–Crippen MR) is 89.8 cm³/mol. The SMILES string of the molecule is O=C1C(C2CCCCC2)=C(c2ccccc2)c2ccccc21. The highest BCUT2D eigenvalue weighted by atomic mass is 16.1. The lowest BCUT2D eigenvalue weighted by molar-refractivity contribution is 0.102. The number of carbonyl (C=O) groups excluding carboxylic acids is 1. The van der Waals surface area contributed by atoms with Crippen LogP contribution < -0.4 is 0 Å². The molecule has 110 valence electrons. The van der Waals surface area contributed by atoms with Crippen molar-refractivity contribution in [2.75, 3.05) is 0 Å². The van der Waals surface area contributed by atoms with Gasteiger partial charge in [0.2, 0.25) is 0 Å². The maximum atomic E-state index is 13.0. The van der Waals surface area contributed by atoms with Crippen LogP contribution in [-0.2, 0) is 0 Å². The normalized spacial score (nSPS) is 18.6. The molecule has 22 heavy (non-hydrogen) atoms. The van der Waals surface area contributed by atoms with Crippen molar-refractivity contribution in [1.82, 2.24) is 0 Å². The number of fused-ring (bicyclic) bond motifs is 1. The third-order valence-electron chi connectivity index (χ3n) is 5.03. The van der Waals surface area contributed by atoms with Gasteiger partial charge in [-0.2, -0.15) is 0 Å². The molecular weight excluding hydrogens is 268 g/mol. The highest BCUT2D eigenvalue weighted by molar-refractivity contribution is 6.23. The Hall–Kier alpha value is -2.15. The van der Waals surface area contributed by atoms with E-state index in [1.165, 1.54) is 30.4 Å². The van der Waals surface area contributed by atoms with E-state index >= 15 is 0 Å². The molecule has 1 saturated carbocycles. The van der Waals surface area contributed by atoms with Gasteiger partial charge in [-0.25, -0.2) is 0 Å². The molecule has 4 rings (SSSR count). The highest BCUT2D eigenvalue weighted by Crippen LogP contribution is 2.44. The van der Waals surface area contributed by atoms with Gasteiger partial charge in [0.25, 0.3) is 0 Å². The Morgan fingerprint density at radius 1 is 0.727 bits per heavy atom. The lowest BCUT2D eigenvalue weighted by Gasteiger charge is -2.23. The lowest BCUT2D eigenvalue weighted by atomic mass is 9.80. The van der Waals surface area contributed by atoms with Crippen molar-refractivity contribution in [2.24, 2.45) is 5.92 Å². The molecule has 0 heterocycles. The minimum absolute atomic E-state index is 0.265. The molecule has 0 aromatic heterocycles. The van der Waals surface area contributed by atoms with Crippen molar-refractivity contribution < 1.29 is 4.79 Å². The number of carbonyl (C=O) groups is 1. The van der Waals surface area contributed by atoms with Gasteiger partial charge in [0.05, 0.1) is 0 Å². The first-order chi connectivity index (χ1) is 10.9. The molecule has 0 aliphatic heterocycles. The Balaban J connectivity index is 1.91. The van der Waals surface area contributed by atoms with E-state index < -0.39 is 0 Å². The second-order valence-electron chi connectivity index (χ2n) is 6.36. The molecule has 0 unspecified atom stereocenters. The molecule has 0 N–H and O–H groups in total. The van der Waals surface area contributed by atoms with Crippen LogP contribution in [0, 0.1) is 5.92 Å². The fourth-order valence-electron chi connectivity index (χ4n) is 4.00. The van der Waals surface area contributed by atoms with Crippen molar-refractivity contribution in [1.29, 1.82) is 0 Å². The summed E-state index contributed by atoms with van der Waals surface area (Å²) in [6.45, 7) is 0. The molecule has 2 aromatic rings. The number of rotatable bonds is 2. The quantitative estimate of drug-likeness (QED) is 0.736. The molecular formula is C21H20O. The van der Waals surface area contributed by atoms with Crippen molar-refractivity contribution in [3.05, 3.63) is 76.9 Å². The van der Waals surface area contributed by atoms with Crippen LogP contribution in [0.1, 0.15) is 53.6 Å². The van der Waals surface area contributed by atoms with E-state index in [1.807, 2.05) is 24.3 Å². The number of hydrogen-bond acceptors (Lipinski definition) is 1. The molecule has 0 spiro atoms. The van der Waals surface area contributed by atoms with Gasteiger partial charge in [0.15, 0.2) is 5.78 Å². The van der Waals surface area contributed by atoms with Gasteiger partial charge in [0, 0.05) is 11.1 Å². The largest absolute Gasteiger partial charge is 0.289 e. The molecule has 0 saturated heterocycles. The summed E-state index contributed by atoms with van der Waals surface area (Å²) < 4.78 is 0. The van der Waals surface area contributed by atoms with E-state index in [2.05, 4.69) is 30.3 Å². The zero-order valence-electron chi connectivity index (χ0n) is 12.7. The number of benzene rings is 2. The van der Waals surface area contributed by atoms with Crippen LogP contribution in [0.2, 0.25) is 0 Å². The molecule has 2 aliphatic carbocycles. The van der Waals surface area contributed by atoms with Gasteiger partial charge in [-0.1, -0.05) is 73.9 Å². The first kappa shape index (κ1) is 13.5. The standard InChI is InChI=1S/C21H20O/c22-21-18-14-8-7-13-17(18)19(15-9-3-1-4-10-15)20(21)16-11-5-2-6-12-16/h1,3-4,7-10,13-14,16H,2,5-6,11-12H2. The topological polar surface area (TPSA) is 17.1 Å². The summed E-state index contributed by atoms with van der Waals surface area (Å²) in [5.74, 6) is 0.699. The van der Waals surface area contributed by atoms with E-state index in [9.17, 15) is 4.79 Å². The minimum atomic E-state index is 0.265. The van der Waals surface area contributed by atoms with Gasteiger partial charge >= 0.3 is 0 Å². The fourth-order valence-corrected chi connectivity index (χ4v) is 4.00. The van der Waals surface area contributed by atoms with Crippen molar-refractivity contribution in [2.45, 2.75) is 32.1 Å². The third kappa shape index (κ3) is 2.12. The number of allylic oxidation sites excluding steroid dienone is 1. The third-order valence-corrected chi connectivity index (χ3v) is 5.03. The summed E-state index contributed by atoms with van der Waals surface area (Å²) in [6, 6.07) is 18.5. The average Bonchev–Trinajstić information content (AvgIpc) is 2.90. The fraction of sp³-hybridized carbons (Fsp3) is 0.286. The van der Waals surface area contributed by atoms with E-state index in [4.69, 9.17) is 0 Å². The molecule has 2 aliphatic rings. The Morgan fingerprint density at radius 2 is 1.36 bits per heavy atom.